The third-order valence-corrected chi connectivity index (χ3v) is 7.50. The van der Waals surface area contributed by atoms with Crippen molar-refractivity contribution in [1.29, 1.82) is 0 Å². The van der Waals surface area contributed by atoms with Crippen molar-refractivity contribution in [3.8, 4) is 0 Å². The fourth-order valence-electron chi connectivity index (χ4n) is 3.01. The van der Waals surface area contributed by atoms with Crippen LogP contribution in [-0.2, 0) is 30.9 Å². The Hall–Kier alpha value is -2.59. The van der Waals surface area contributed by atoms with E-state index in [0.29, 0.717) is 31.9 Å². The molecule has 0 saturated carbocycles. The Bertz CT molecular complexity index is 1130. The number of nitrogens with zero attached hydrogens (tertiary/aromatic N) is 2. The number of ether oxygens (including phenoxy) is 2. The number of thiazole rings is 1. The molecule has 0 bridgehead atoms. The minimum absolute atomic E-state index is 0.110. The number of aromatic nitrogens is 1. The zero-order valence-corrected chi connectivity index (χ0v) is 17.7. The maximum atomic E-state index is 12.6. The number of sulfonamides is 1. The molecule has 1 aromatic heterocycles. The minimum atomic E-state index is -3.53. The Morgan fingerprint density at radius 2 is 1.87 bits per heavy atom. The number of fused-ring (bicyclic) bond motifs is 1. The van der Waals surface area contributed by atoms with Crippen LogP contribution in [0, 0.1) is 0 Å². The van der Waals surface area contributed by atoms with E-state index in [9.17, 15) is 13.2 Å². The van der Waals surface area contributed by atoms with Crippen LogP contribution in [0.3, 0.4) is 0 Å². The molecular weight excluding hydrogens is 424 g/mol. The molecule has 30 heavy (non-hydrogen) atoms. The molecule has 1 aliphatic rings. The summed E-state index contributed by atoms with van der Waals surface area (Å²) >= 11 is 1.49. The molecule has 1 fully saturated rings. The van der Waals surface area contributed by atoms with Crippen LogP contribution in [0.15, 0.2) is 59.5 Å². The van der Waals surface area contributed by atoms with Crippen LogP contribution in [0.4, 0.5) is 0 Å². The van der Waals surface area contributed by atoms with Crippen molar-refractivity contribution in [3.63, 3.8) is 0 Å². The van der Waals surface area contributed by atoms with Crippen molar-refractivity contribution < 1.29 is 22.7 Å². The minimum Gasteiger partial charge on any atom is -0.455 e. The van der Waals surface area contributed by atoms with Crippen molar-refractivity contribution >= 4 is 43.6 Å². The van der Waals surface area contributed by atoms with Crippen molar-refractivity contribution in [2.24, 2.45) is 0 Å². The van der Waals surface area contributed by atoms with E-state index in [4.69, 9.17) is 9.47 Å². The van der Waals surface area contributed by atoms with Crippen LogP contribution in [0.2, 0.25) is 0 Å². The first-order chi connectivity index (χ1) is 14.5. The summed E-state index contributed by atoms with van der Waals surface area (Å²) in [5, 5.41) is 0.732. The van der Waals surface area contributed by atoms with Gasteiger partial charge in [0.1, 0.15) is 11.6 Å². The smallest absolute Gasteiger partial charge is 0.331 e. The highest BCUT2D eigenvalue weighted by Gasteiger charge is 2.25. The van der Waals surface area contributed by atoms with Gasteiger partial charge >= 0.3 is 5.97 Å². The number of rotatable bonds is 6. The zero-order chi connectivity index (χ0) is 21.0. The van der Waals surface area contributed by atoms with E-state index in [1.54, 1.807) is 18.2 Å². The van der Waals surface area contributed by atoms with E-state index >= 15 is 0 Å². The standard InChI is InChI=1S/C21H20N2O5S2/c24-21(28-15-20-22-18-3-1-2-4-19(18)29-20)10-7-16-5-8-17(9-6-16)30(25,26)23-11-13-27-14-12-23/h1-10H,11-15H2/b10-7-. The molecule has 0 aliphatic carbocycles. The summed E-state index contributed by atoms with van der Waals surface area (Å²) in [4.78, 5) is 16.6. The quantitative estimate of drug-likeness (QED) is 0.429. The molecule has 0 unspecified atom stereocenters. The molecule has 0 radical (unpaired) electrons. The molecular formula is C21H20N2O5S2. The number of morpholine rings is 1. The summed E-state index contributed by atoms with van der Waals surface area (Å²) in [5.74, 6) is -0.487. The maximum absolute atomic E-state index is 12.6. The predicted molar refractivity (Wildman–Crippen MR) is 114 cm³/mol. The first kappa shape index (κ1) is 20.7. The van der Waals surface area contributed by atoms with Crippen LogP contribution >= 0.6 is 11.3 Å². The van der Waals surface area contributed by atoms with Gasteiger partial charge in [0.05, 0.1) is 28.3 Å². The largest absolute Gasteiger partial charge is 0.455 e. The van der Waals surface area contributed by atoms with E-state index in [1.807, 2.05) is 24.3 Å². The van der Waals surface area contributed by atoms with Gasteiger partial charge in [-0.25, -0.2) is 18.2 Å². The molecule has 0 amide bonds. The lowest BCUT2D eigenvalue weighted by Gasteiger charge is -2.26. The second-order valence-electron chi connectivity index (χ2n) is 6.60. The van der Waals surface area contributed by atoms with Crippen molar-refractivity contribution in [2.45, 2.75) is 11.5 Å². The van der Waals surface area contributed by atoms with Crippen LogP contribution in [0.25, 0.3) is 16.3 Å². The molecule has 7 nitrogen and oxygen atoms in total. The first-order valence-electron chi connectivity index (χ1n) is 9.40. The van der Waals surface area contributed by atoms with Gasteiger partial charge in [-0.15, -0.1) is 11.3 Å². The fraction of sp³-hybridized carbons (Fsp3) is 0.238. The van der Waals surface area contributed by atoms with E-state index < -0.39 is 16.0 Å². The van der Waals surface area contributed by atoms with Crippen molar-refractivity contribution in [2.75, 3.05) is 26.3 Å². The molecule has 3 aromatic rings. The Balaban J connectivity index is 1.34. The Kier molecular flexibility index (Phi) is 6.24. The predicted octanol–water partition coefficient (Wildman–Crippen LogP) is 3.07. The Morgan fingerprint density at radius 1 is 1.13 bits per heavy atom. The molecule has 0 N–H and O–H groups in total. The lowest BCUT2D eigenvalue weighted by atomic mass is 10.2. The highest BCUT2D eigenvalue weighted by atomic mass is 32.2. The first-order valence-corrected chi connectivity index (χ1v) is 11.7. The summed E-state index contributed by atoms with van der Waals surface area (Å²) in [6, 6.07) is 14.1. The van der Waals surface area contributed by atoms with Gasteiger partial charge in [0, 0.05) is 19.2 Å². The topological polar surface area (TPSA) is 85.8 Å². The maximum Gasteiger partial charge on any atom is 0.331 e. The molecule has 4 rings (SSSR count). The zero-order valence-electron chi connectivity index (χ0n) is 16.1. The number of hydrogen-bond donors (Lipinski definition) is 0. The van der Waals surface area contributed by atoms with Crippen LogP contribution < -0.4 is 0 Å². The number of carbonyl (C=O) groups is 1. The SMILES string of the molecule is O=C(/C=C\c1ccc(S(=O)(=O)N2CCOCC2)cc1)OCc1nc2ccccc2s1. The average Bonchev–Trinajstić information content (AvgIpc) is 3.20. The number of benzene rings is 2. The molecule has 2 aromatic carbocycles. The van der Waals surface area contributed by atoms with E-state index in [0.717, 1.165) is 15.2 Å². The summed E-state index contributed by atoms with van der Waals surface area (Å²) in [5.41, 5.74) is 1.59. The third kappa shape index (κ3) is 4.76. The Morgan fingerprint density at radius 3 is 2.60 bits per heavy atom. The Labute approximate surface area is 178 Å². The monoisotopic (exact) mass is 444 g/mol. The second kappa shape index (κ2) is 9.05. The van der Waals surface area contributed by atoms with Gasteiger partial charge in [0.2, 0.25) is 10.0 Å². The number of carbonyl (C=O) groups excluding carboxylic acids is 1. The average molecular weight is 445 g/mol. The highest BCUT2D eigenvalue weighted by Crippen LogP contribution is 2.22. The summed E-state index contributed by atoms with van der Waals surface area (Å²) in [7, 11) is -3.53. The van der Waals surface area contributed by atoms with Gasteiger partial charge in [-0.1, -0.05) is 24.3 Å². The van der Waals surface area contributed by atoms with Gasteiger partial charge in [-0.2, -0.15) is 4.31 Å². The third-order valence-electron chi connectivity index (χ3n) is 4.58. The lowest BCUT2D eigenvalue weighted by Crippen LogP contribution is -2.40. The van der Waals surface area contributed by atoms with Crippen LogP contribution in [0.1, 0.15) is 10.6 Å². The molecule has 0 spiro atoms. The van der Waals surface area contributed by atoms with Gasteiger partial charge < -0.3 is 9.47 Å². The van der Waals surface area contributed by atoms with Gasteiger partial charge in [0.25, 0.3) is 0 Å². The normalized spacial score (nSPS) is 15.6. The molecule has 156 valence electrons. The van der Waals surface area contributed by atoms with E-state index in [2.05, 4.69) is 4.98 Å². The summed E-state index contributed by atoms with van der Waals surface area (Å²) in [6.07, 6.45) is 2.91. The number of hydrogen-bond acceptors (Lipinski definition) is 7. The highest BCUT2D eigenvalue weighted by molar-refractivity contribution is 7.89. The van der Waals surface area contributed by atoms with E-state index in [-0.39, 0.29) is 11.5 Å². The van der Waals surface area contributed by atoms with Crippen LogP contribution in [0.5, 0.6) is 0 Å². The van der Waals surface area contributed by atoms with E-state index in [1.165, 1.54) is 33.9 Å². The van der Waals surface area contributed by atoms with Gasteiger partial charge in [-0.05, 0) is 35.9 Å². The molecule has 1 aliphatic heterocycles. The molecule has 1 saturated heterocycles. The van der Waals surface area contributed by atoms with Gasteiger partial charge in [-0.3, -0.25) is 0 Å². The second-order valence-corrected chi connectivity index (χ2v) is 9.66. The fourth-order valence-corrected chi connectivity index (χ4v) is 5.30. The lowest BCUT2D eigenvalue weighted by molar-refractivity contribution is -0.138. The van der Waals surface area contributed by atoms with Gasteiger partial charge in [0.15, 0.2) is 0 Å². The number of para-hydroxylation sites is 1. The summed E-state index contributed by atoms with van der Waals surface area (Å²) < 4.78 is 38.2. The van der Waals surface area contributed by atoms with Crippen LogP contribution in [-0.4, -0.2) is 50.0 Å². The molecule has 2 heterocycles. The van der Waals surface area contributed by atoms with Crippen molar-refractivity contribution in [3.05, 3.63) is 65.2 Å². The molecule has 9 heteroatoms. The summed E-state index contributed by atoms with van der Waals surface area (Å²) in [6.45, 7) is 1.62. The molecule has 0 atom stereocenters. The van der Waals surface area contributed by atoms with Crippen molar-refractivity contribution in [1.82, 2.24) is 9.29 Å². The number of esters is 1.